The minimum absolute atomic E-state index is 0.0564. The maximum Gasteiger partial charge on any atom is 0.225 e. The number of pyridine rings is 1. The minimum Gasteiger partial charge on any atom is -0.378 e. The van der Waals surface area contributed by atoms with Gasteiger partial charge in [-0.25, -0.2) is 9.97 Å². The Hall–Kier alpha value is -2.05. The summed E-state index contributed by atoms with van der Waals surface area (Å²) in [7, 11) is 0. The second-order valence-electron chi connectivity index (χ2n) is 5.81. The van der Waals surface area contributed by atoms with Crippen LogP contribution in [0.25, 0.3) is 11.1 Å². The van der Waals surface area contributed by atoms with Gasteiger partial charge in [-0.15, -0.1) is 0 Å². The van der Waals surface area contributed by atoms with Gasteiger partial charge in [-0.1, -0.05) is 0 Å². The lowest BCUT2D eigenvalue weighted by Crippen LogP contribution is -2.37. The summed E-state index contributed by atoms with van der Waals surface area (Å²) in [4.78, 5) is 15.7. The molecule has 120 valence electrons. The highest BCUT2D eigenvalue weighted by atomic mass is 16.5. The molecule has 0 bridgehead atoms. The van der Waals surface area contributed by atoms with E-state index in [1.165, 1.54) is 0 Å². The largest absolute Gasteiger partial charge is 0.378 e. The highest BCUT2D eigenvalue weighted by molar-refractivity contribution is 5.65. The summed E-state index contributed by atoms with van der Waals surface area (Å²) in [5.41, 5.74) is 3.11. The van der Waals surface area contributed by atoms with Crippen molar-refractivity contribution in [2.24, 2.45) is 0 Å². The van der Waals surface area contributed by atoms with Gasteiger partial charge < -0.3 is 14.4 Å². The van der Waals surface area contributed by atoms with Crippen LogP contribution >= 0.6 is 0 Å². The molecular formula is C17H20N4O2. The van der Waals surface area contributed by atoms with Crippen LogP contribution in [0.5, 0.6) is 0 Å². The summed E-state index contributed by atoms with van der Waals surface area (Å²) < 4.78 is 11.3. The van der Waals surface area contributed by atoms with Gasteiger partial charge in [0.05, 0.1) is 18.9 Å². The van der Waals surface area contributed by atoms with Crippen molar-refractivity contribution in [2.45, 2.75) is 18.9 Å². The molecule has 6 heteroatoms. The van der Waals surface area contributed by atoms with Gasteiger partial charge in [-0.05, 0) is 30.5 Å². The molecule has 2 saturated heterocycles. The maximum atomic E-state index is 5.89. The standard InChI is InChI=1S/C17H20N4O2/c1-2-15(23-9-1)16-14(13-3-5-18-6-4-13)12-19-17(20-16)21-7-10-22-11-8-21/h3-6,12,15H,1-2,7-11H2/t15-/m1/s1. The van der Waals surface area contributed by atoms with Crippen molar-refractivity contribution < 1.29 is 9.47 Å². The third-order valence-corrected chi connectivity index (χ3v) is 4.33. The van der Waals surface area contributed by atoms with Gasteiger partial charge in [0.25, 0.3) is 0 Å². The highest BCUT2D eigenvalue weighted by Crippen LogP contribution is 2.34. The number of anilines is 1. The Kier molecular flexibility index (Phi) is 4.17. The Morgan fingerprint density at radius 2 is 1.91 bits per heavy atom. The number of ether oxygens (including phenoxy) is 2. The third kappa shape index (κ3) is 3.04. The second kappa shape index (κ2) is 6.60. The Morgan fingerprint density at radius 1 is 1.09 bits per heavy atom. The minimum atomic E-state index is 0.0564. The Labute approximate surface area is 135 Å². The summed E-state index contributed by atoms with van der Waals surface area (Å²) in [5.74, 6) is 0.775. The molecule has 0 aromatic carbocycles. The number of hydrogen-bond acceptors (Lipinski definition) is 6. The fourth-order valence-electron chi connectivity index (χ4n) is 3.09. The van der Waals surface area contributed by atoms with E-state index in [2.05, 4.69) is 14.9 Å². The Balaban J connectivity index is 1.73. The first-order valence-electron chi connectivity index (χ1n) is 8.13. The van der Waals surface area contributed by atoms with Crippen molar-refractivity contribution in [3.8, 4) is 11.1 Å². The highest BCUT2D eigenvalue weighted by Gasteiger charge is 2.25. The summed E-state index contributed by atoms with van der Waals surface area (Å²) >= 11 is 0. The van der Waals surface area contributed by atoms with E-state index in [1.807, 2.05) is 18.3 Å². The van der Waals surface area contributed by atoms with E-state index in [0.717, 1.165) is 68.5 Å². The summed E-state index contributed by atoms with van der Waals surface area (Å²) in [6.07, 6.45) is 7.66. The first kappa shape index (κ1) is 14.5. The monoisotopic (exact) mass is 312 g/mol. The van der Waals surface area contributed by atoms with Crippen LogP contribution in [0.2, 0.25) is 0 Å². The van der Waals surface area contributed by atoms with Crippen LogP contribution in [0.4, 0.5) is 5.95 Å². The first-order chi connectivity index (χ1) is 11.4. The van der Waals surface area contributed by atoms with Crippen LogP contribution < -0.4 is 4.90 Å². The van der Waals surface area contributed by atoms with Crippen molar-refractivity contribution in [1.29, 1.82) is 0 Å². The lowest BCUT2D eigenvalue weighted by Gasteiger charge is -2.27. The molecule has 2 fully saturated rings. The fourth-order valence-corrected chi connectivity index (χ4v) is 3.09. The molecule has 2 aliphatic heterocycles. The van der Waals surface area contributed by atoms with Gasteiger partial charge in [-0.3, -0.25) is 4.98 Å². The molecule has 0 unspecified atom stereocenters. The van der Waals surface area contributed by atoms with E-state index >= 15 is 0 Å². The zero-order chi connectivity index (χ0) is 15.5. The quantitative estimate of drug-likeness (QED) is 0.866. The molecule has 2 aliphatic rings. The Bertz CT molecular complexity index is 653. The summed E-state index contributed by atoms with van der Waals surface area (Å²) in [5, 5.41) is 0. The molecule has 6 nitrogen and oxygen atoms in total. The van der Waals surface area contributed by atoms with Crippen LogP contribution in [0.3, 0.4) is 0 Å². The second-order valence-corrected chi connectivity index (χ2v) is 5.81. The van der Waals surface area contributed by atoms with E-state index in [9.17, 15) is 0 Å². The van der Waals surface area contributed by atoms with Gasteiger partial charge >= 0.3 is 0 Å². The maximum absolute atomic E-state index is 5.89. The van der Waals surface area contributed by atoms with Crippen molar-refractivity contribution >= 4 is 5.95 Å². The van der Waals surface area contributed by atoms with Crippen molar-refractivity contribution in [3.05, 3.63) is 36.4 Å². The van der Waals surface area contributed by atoms with Crippen molar-refractivity contribution in [1.82, 2.24) is 15.0 Å². The molecule has 0 radical (unpaired) electrons. The molecule has 0 saturated carbocycles. The predicted molar refractivity (Wildman–Crippen MR) is 86.2 cm³/mol. The molecule has 2 aromatic rings. The molecule has 0 amide bonds. The van der Waals surface area contributed by atoms with E-state index in [1.54, 1.807) is 12.4 Å². The lowest BCUT2D eigenvalue weighted by atomic mass is 10.0. The summed E-state index contributed by atoms with van der Waals surface area (Å²) in [6, 6.07) is 3.98. The smallest absolute Gasteiger partial charge is 0.225 e. The van der Waals surface area contributed by atoms with Crippen LogP contribution in [-0.2, 0) is 9.47 Å². The van der Waals surface area contributed by atoms with Crippen LogP contribution in [0.1, 0.15) is 24.6 Å². The summed E-state index contributed by atoms with van der Waals surface area (Å²) in [6.45, 7) is 3.92. The van der Waals surface area contributed by atoms with Gasteiger partial charge in [0.1, 0.15) is 6.10 Å². The molecule has 0 aliphatic carbocycles. The number of rotatable bonds is 3. The topological polar surface area (TPSA) is 60.4 Å². The number of aromatic nitrogens is 3. The molecule has 4 rings (SSSR count). The van der Waals surface area contributed by atoms with Crippen LogP contribution in [0.15, 0.2) is 30.7 Å². The fraction of sp³-hybridized carbons (Fsp3) is 0.471. The van der Waals surface area contributed by atoms with Gasteiger partial charge in [0, 0.05) is 43.9 Å². The SMILES string of the molecule is c1cc(-c2cnc(N3CCOCC3)nc2[C@H]2CCCO2)ccn1. The van der Waals surface area contributed by atoms with Gasteiger partial charge in [0.2, 0.25) is 5.95 Å². The number of nitrogens with zero attached hydrogens (tertiary/aromatic N) is 4. The molecule has 1 atom stereocenters. The Morgan fingerprint density at radius 3 is 2.65 bits per heavy atom. The lowest BCUT2D eigenvalue weighted by molar-refractivity contribution is 0.108. The molecule has 23 heavy (non-hydrogen) atoms. The predicted octanol–water partition coefficient (Wildman–Crippen LogP) is 2.23. The molecular weight excluding hydrogens is 292 g/mol. The first-order valence-corrected chi connectivity index (χ1v) is 8.13. The van der Waals surface area contributed by atoms with E-state index in [4.69, 9.17) is 14.5 Å². The van der Waals surface area contributed by atoms with E-state index < -0.39 is 0 Å². The van der Waals surface area contributed by atoms with E-state index in [-0.39, 0.29) is 6.10 Å². The molecule has 2 aromatic heterocycles. The average molecular weight is 312 g/mol. The zero-order valence-electron chi connectivity index (χ0n) is 13.0. The molecule has 0 spiro atoms. The average Bonchev–Trinajstić information content (AvgIpc) is 3.17. The van der Waals surface area contributed by atoms with Crippen molar-refractivity contribution in [2.75, 3.05) is 37.8 Å². The van der Waals surface area contributed by atoms with E-state index in [0.29, 0.717) is 0 Å². The zero-order valence-corrected chi connectivity index (χ0v) is 13.0. The van der Waals surface area contributed by atoms with Gasteiger partial charge in [-0.2, -0.15) is 0 Å². The third-order valence-electron chi connectivity index (χ3n) is 4.33. The number of morpholine rings is 1. The van der Waals surface area contributed by atoms with Crippen LogP contribution in [-0.4, -0.2) is 47.9 Å². The van der Waals surface area contributed by atoms with Gasteiger partial charge in [0.15, 0.2) is 0 Å². The van der Waals surface area contributed by atoms with Crippen molar-refractivity contribution in [3.63, 3.8) is 0 Å². The molecule has 0 N–H and O–H groups in total. The molecule has 4 heterocycles. The van der Waals surface area contributed by atoms with Crippen LogP contribution in [0, 0.1) is 0 Å². The number of hydrogen-bond donors (Lipinski definition) is 0. The normalized spacial score (nSPS) is 21.6.